The van der Waals surface area contributed by atoms with Crippen LogP contribution in [-0.2, 0) is 9.59 Å². The number of piperidine rings is 1. The van der Waals surface area contributed by atoms with Crippen molar-refractivity contribution in [3.63, 3.8) is 0 Å². The minimum Gasteiger partial charge on any atom is -0.350 e. The zero-order valence-electron chi connectivity index (χ0n) is 13.7. The first-order chi connectivity index (χ1) is 9.03. The van der Waals surface area contributed by atoms with Gasteiger partial charge in [-0.05, 0) is 45.6 Å². The molecule has 1 aliphatic heterocycles. The number of amides is 2. The van der Waals surface area contributed by atoms with Crippen molar-refractivity contribution in [2.75, 3.05) is 20.1 Å². The Morgan fingerprint density at radius 2 is 1.95 bits per heavy atom. The van der Waals surface area contributed by atoms with Crippen LogP contribution in [0.1, 0.15) is 47.5 Å². The molecule has 1 fully saturated rings. The normalized spacial score (nSPS) is 22.2. The quantitative estimate of drug-likeness (QED) is 0.816. The van der Waals surface area contributed by atoms with Crippen molar-refractivity contribution in [3.05, 3.63) is 0 Å². The summed E-state index contributed by atoms with van der Waals surface area (Å²) in [5.74, 6) is -0.124. The average Bonchev–Trinajstić information content (AvgIpc) is 2.24. The number of likely N-dealkylation sites (N-methyl/N-ethyl adjacent to an activating group) is 1. The van der Waals surface area contributed by atoms with Gasteiger partial charge in [-0.1, -0.05) is 13.8 Å². The molecular weight excluding hydrogens is 254 g/mol. The second-order valence-corrected chi connectivity index (χ2v) is 7.47. The second-order valence-electron chi connectivity index (χ2n) is 7.47. The maximum absolute atomic E-state index is 12.5. The summed E-state index contributed by atoms with van der Waals surface area (Å²) < 4.78 is 0. The maximum Gasteiger partial charge on any atom is 0.240 e. The SMILES string of the molecule is CN(CC(=O)NC(C)(C)C)C(=O)C1NCCCC1(C)C. The third-order valence-electron chi connectivity index (χ3n) is 3.65. The first-order valence-electron chi connectivity index (χ1n) is 7.32. The molecule has 2 amide bonds. The van der Waals surface area contributed by atoms with Gasteiger partial charge in [0.2, 0.25) is 11.8 Å². The molecule has 0 aromatic carbocycles. The van der Waals surface area contributed by atoms with Crippen LogP contribution >= 0.6 is 0 Å². The number of hydrogen-bond donors (Lipinski definition) is 2. The van der Waals surface area contributed by atoms with E-state index in [0.717, 1.165) is 19.4 Å². The summed E-state index contributed by atoms with van der Waals surface area (Å²) in [5.41, 5.74) is -0.340. The highest BCUT2D eigenvalue weighted by Crippen LogP contribution is 2.30. The van der Waals surface area contributed by atoms with Crippen molar-refractivity contribution in [2.24, 2.45) is 5.41 Å². The number of nitrogens with one attached hydrogen (secondary N) is 2. The molecule has 1 heterocycles. The van der Waals surface area contributed by atoms with Crippen molar-refractivity contribution in [1.82, 2.24) is 15.5 Å². The van der Waals surface area contributed by atoms with E-state index in [4.69, 9.17) is 0 Å². The number of nitrogens with zero attached hydrogens (tertiary/aromatic N) is 1. The van der Waals surface area contributed by atoms with Crippen molar-refractivity contribution >= 4 is 11.8 Å². The summed E-state index contributed by atoms with van der Waals surface area (Å²) in [6.07, 6.45) is 2.11. The average molecular weight is 283 g/mol. The van der Waals surface area contributed by atoms with Gasteiger partial charge < -0.3 is 15.5 Å². The first-order valence-corrected chi connectivity index (χ1v) is 7.32. The lowest BCUT2D eigenvalue weighted by Gasteiger charge is -2.40. The Morgan fingerprint density at radius 1 is 1.35 bits per heavy atom. The van der Waals surface area contributed by atoms with Gasteiger partial charge in [0.25, 0.3) is 0 Å². The van der Waals surface area contributed by atoms with E-state index in [1.165, 1.54) is 4.90 Å². The smallest absolute Gasteiger partial charge is 0.240 e. The molecule has 1 saturated heterocycles. The summed E-state index contributed by atoms with van der Waals surface area (Å²) in [7, 11) is 1.69. The minimum absolute atomic E-state index is 0.00115. The van der Waals surface area contributed by atoms with E-state index >= 15 is 0 Å². The summed E-state index contributed by atoms with van der Waals surface area (Å²) >= 11 is 0. The van der Waals surface area contributed by atoms with Gasteiger partial charge in [0, 0.05) is 12.6 Å². The summed E-state index contributed by atoms with van der Waals surface area (Å²) in [6, 6.07) is -0.205. The molecule has 0 saturated carbocycles. The lowest BCUT2D eigenvalue weighted by atomic mass is 9.77. The van der Waals surface area contributed by atoms with Gasteiger partial charge in [-0.25, -0.2) is 0 Å². The Kier molecular flexibility index (Phi) is 5.19. The highest BCUT2D eigenvalue weighted by atomic mass is 16.2. The molecule has 0 aliphatic carbocycles. The van der Waals surface area contributed by atoms with Crippen LogP contribution in [0, 0.1) is 5.41 Å². The van der Waals surface area contributed by atoms with Crippen LogP contribution in [0.2, 0.25) is 0 Å². The van der Waals surface area contributed by atoms with E-state index in [2.05, 4.69) is 24.5 Å². The van der Waals surface area contributed by atoms with Crippen LogP contribution in [-0.4, -0.2) is 48.4 Å². The number of carbonyl (C=O) groups is 2. The monoisotopic (exact) mass is 283 g/mol. The number of carbonyl (C=O) groups excluding carboxylic acids is 2. The minimum atomic E-state index is -0.274. The fourth-order valence-corrected chi connectivity index (χ4v) is 2.60. The molecule has 2 N–H and O–H groups in total. The van der Waals surface area contributed by atoms with Crippen LogP contribution < -0.4 is 10.6 Å². The molecule has 1 rings (SSSR count). The largest absolute Gasteiger partial charge is 0.350 e. The van der Waals surface area contributed by atoms with Crippen molar-refractivity contribution in [3.8, 4) is 0 Å². The number of rotatable bonds is 3. The van der Waals surface area contributed by atoms with Crippen molar-refractivity contribution < 1.29 is 9.59 Å². The van der Waals surface area contributed by atoms with E-state index in [-0.39, 0.29) is 35.4 Å². The summed E-state index contributed by atoms with van der Waals surface area (Å²) in [5, 5.41) is 6.16. The van der Waals surface area contributed by atoms with E-state index in [0.29, 0.717) is 0 Å². The first kappa shape index (κ1) is 17.0. The van der Waals surface area contributed by atoms with Crippen molar-refractivity contribution in [2.45, 2.75) is 59.0 Å². The molecule has 1 aliphatic rings. The van der Waals surface area contributed by atoms with E-state index in [9.17, 15) is 9.59 Å². The molecule has 5 nitrogen and oxygen atoms in total. The van der Waals surface area contributed by atoms with Crippen LogP contribution in [0.25, 0.3) is 0 Å². The third kappa shape index (κ3) is 4.78. The van der Waals surface area contributed by atoms with Gasteiger partial charge in [0.15, 0.2) is 0 Å². The van der Waals surface area contributed by atoms with Gasteiger partial charge in [-0.15, -0.1) is 0 Å². The zero-order chi connectivity index (χ0) is 15.6. The highest BCUT2D eigenvalue weighted by molar-refractivity contribution is 5.88. The molecule has 1 unspecified atom stereocenters. The van der Waals surface area contributed by atoms with E-state index in [1.54, 1.807) is 7.05 Å². The van der Waals surface area contributed by atoms with E-state index < -0.39 is 0 Å². The number of hydrogen-bond acceptors (Lipinski definition) is 3. The fraction of sp³-hybridized carbons (Fsp3) is 0.867. The standard InChI is InChI=1S/C15H29N3O2/c1-14(2,3)17-11(19)10-18(6)13(20)12-15(4,5)8-7-9-16-12/h12,16H,7-10H2,1-6H3,(H,17,19). The Bertz CT molecular complexity index is 372. The van der Waals surface area contributed by atoms with Gasteiger partial charge in [0.1, 0.15) is 0 Å². The lowest BCUT2D eigenvalue weighted by molar-refractivity contribution is -0.139. The van der Waals surface area contributed by atoms with Gasteiger partial charge >= 0.3 is 0 Å². The fourth-order valence-electron chi connectivity index (χ4n) is 2.60. The summed E-state index contributed by atoms with van der Waals surface area (Å²) in [6.45, 7) is 11.0. The molecule has 0 spiro atoms. The zero-order valence-corrected chi connectivity index (χ0v) is 13.7. The Balaban J connectivity index is 2.60. The van der Waals surface area contributed by atoms with Crippen molar-refractivity contribution in [1.29, 1.82) is 0 Å². The predicted molar refractivity (Wildman–Crippen MR) is 80.3 cm³/mol. The predicted octanol–water partition coefficient (Wildman–Crippen LogP) is 1.14. The van der Waals surface area contributed by atoms with Gasteiger partial charge in [-0.2, -0.15) is 0 Å². The van der Waals surface area contributed by atoms with Crippen LogP contribution in [0.15, 0.2) is 0 Å². The topological polar surface area (TPSA) is 61.4 Å². The Labute approximate surface area is 122 Å². The molecule has 5 heteroatoms. The summed E-state index contributed by atoms with van der Waals surface area (Å²) in [4.78, 5) is 25.9. The molecule has 116 valence electrons. The molecule has 0 bridgehead atoms. The molecule has 0 radical (unpaired) electrons. The van der Waals surface area contributed by atoms with Crippen LogP contribution in [0.4, 0.5) is 0 Å². The highest BCUT2D eigenvalue weighted by Gasteiger charge is 2.38. The van der Waals surface area contributed by atoms with Crippen LogP contribution in [0.3, 0.4) is 0 Å². The third-order valence-corrected chi connectivity index (χ3v) is 3.65. The molecule has 0 aromatic rings. The second kappa shape index (κ2) is 6.12. The van der Waals surface area contributed by atoms with E-state index in [1.807, 2.05) is 20.8 Å². The molecule has 0 aromatic heterocycles. The van der Waals surface area contributed by atoms with Crippen LogP contribution in [0.5, 0.6) is 0 Å². The molecule has 20 heavy (non-hydrogen) atoms. The Morgan fingerprint density at radius 3 is 2.45 bits per heavy atom. The maximum atomic E-state index is 12.5. The van der Waals surface area contributed by atoms with Gasteiger partial charge in [-0.3, -0.25) is 9.59 Å². The Hall–Kier alpha value is -1.10. The van der Waals surface area contributed by atoms with Gasteiger partial charge in [0.05, 0.1) is 12.6 Å². The molecular formula is C15H29N3O2. The molecule has 1 atom stereocenters. The lowest BCUT2D eigenvalue weighted by Crippen LogP contribution is -2.57.